The zero-order valence-electron chi connectivity index (χ0n) is 20.8. The molecule has 5 atom stereocenters. The van der Waals surface area contributed by atoms with Crippen LogP contribution < -0.4 is 44.2 Å². The van der Waals surface area contributed by atoms with E-state index >= 15 is 0 Å². The average Bonchev–Trinajstić information content (AvgIpc) is 2.79. The molecule has 14 N–H and O–H groups in total. The topological polar surface area (TPSA) is 346 Å². The average molecular weight is 561 g/mol. The smallest absolute Gasteiger partial charge is 0.326 e. The Kier molecular flexibility index (Phi) is 14.1. The summed E-state index contributed by atoms with van der Waals surface area (Å²) in [5.74, 6) is -10.4. The van der Waals surface area contributed by atoms with E-state index in [4.69, 9.17) is 33.1 Å². The van der Waals surface area contributed by atoms with Crippen molar-refractivity contribution in [2.45, 2.75) is 69.2 Å². The number of aliphatic carboxylic acids is 2. The van der Waals surface area contributed by atoms with Gasteiger partial charge in [0.25, 0.3) is 0 Å². The van der Waals surface area contributed by atoms with Crippen LogP contribution in [0.5, 0.6) is 0 Å². The molecule has 0 aromatic heterocycles. The molecule has 0 aromatic rings. The molecule has 0 bridgehead atoms. The number of amides is 7. The van der Waals surface area contributed by atoms with Crippen LogP contribution >= 0.6 is 0 Å². The third kappa shape index (κ3) is 13.9. The van der Waals surface area contributed by atoms with Crippen molar-refractivity contribution in [3.63, 3.8) is 0 Å². The van der Waals surface area contributed by atoms with Gasteiger partial charge in [-0.15, -0.1) is 0 Å². The standard InChI is InChI=1S/C20H32N8O11/c1-7(25-17(35)8(21)4-12(22)29)16(34)26-9(2-3-15(32)33)18(36)27-10(5-13(23)30)19(37)28-11(20(38)39)6-14(24)31/h7-11H,2-6,21H2,1H3,(H2,22,29)(H2,23,30)(H2,24,31)(H,25,35)(H,26,34)(H,27,36)(H,28,37)(H,32,33)(H,38,39)/t7-,8-,9-,10-,11-/m0/s1. The molecule has 19 nitrogen and oxygen atoms in total. The Morgan fingerprint density at radius 3 is 1.51 bits per heavy atom. The van der Waals surface area contributed by atoms with Gasteiger partial charge in [-0.1, -0.05) is 0 Å². The van der Waals surface area contributed by atoms with Gasteiger partial charge in [-0.05, 0) is 13.3 Å². The molecule has 0 fully saturated rings. The third-order valence-corrected chi connectivity index (χ3v) is 4.85. The Hall–Kier alpha value is -4.81. The second-order valence-corrected chi connectivity index (χ2v) is 8.30. The minimum atomic E-state index is -1.81. The van der Waals surface area contributed by atoms with Crippen LogP contribution in [0, 0.1) is 0 Å². The van der Waals surface area contributed by atoms with Gasteiger partial charge in [0.15, 0.2) is 0 Å². The largest absolute Gasteiger partial charge is 0.481 e. The molecule has 0 aliphatic heterocycles. The predicted molar refractivity (Wildman–Crippen MR) is 127 cm³/mol. The van der Waals surface area contributed by atoms with E-state index in [1.165, 1.54) is 6.92 Å². The van der Waals surface area contributed by atoms with Crippen molar-refractivity contribution in [3.8, 4) is 0 Å². The lowest BCUT2D eigenvalue weighted by Crippen LogP contribution is -2.58. The lowest BCUT2D eigenvalue weighted by Gasteiger charge is -2.25. The van der Waals surface area contributed by atoms with Gasteiger partial charge in [0.05, 0.1) is 25.3 Å². The summed E-state index contributed by atoms with van der Waals surface area (Å²) < 4.78 is 0. The Morgan fingerprint density at radius 2 is 1.05 bits per heavy atom. The van der Waals surface area contributed by atoms with Gasteiger partial charge in [0.2, 0.25) is 41.4 Å². The molecule has 7 amide bonds. The molecule has 19 heteroatoms. The maximum Gasteiger partial charge on any atom is 0.326 e. The van der Waals surface area contributed by atoms with Crippen molar-refractivity contribution in [2.24, 2.45) is 22.9 Å². The number of carbonyl (C=O) groups excluding carboxylic acids is 7. The highest BCUT2D eigenvalue weighted by Crippen LogP contribution is 2.03. The summed E-state index contributed by atoms with van der Waals surface area (Å²) in [4.78, 5) is 106. The fourth-order valence-corrected chi connectivity index (χ4v) is 2.89. The molecule has 0 radical (unpaired) electrons. The molecule has 0 aromatic carbocycles. The van der Waals surface area contributed by atoms with Crippen LogP contribution in [0.2, 0.25) is 0 Å². The van der Waals surface area contributed by atoms with Crippen molar-refractivity contribution >= 4 is 53.3 Å². The lowest BCUT2D eigenvalue weighted by molar-refractivity contribution is -0.144. The molecule has 0 aliphatic carbocycles. The molecule has 0 rings (SSSR count). The van der Waals surface area contributed by atoms with Crippen LogP contribution in [0.4, 0.5) is 0 Å². The minimum absolute atomic E-state index is 0.515. The normalized spacial score (nSPS) is 14.3. The van der Waals surface area contributed by atoms with E-state index in [-0.39, 0.29) is 0 Å². The van der Waals surface area contributed by atoms with Crippen molar-refractivity contribution in [3.05, 3.63) is 0 Å². The van der Waals surface area contributed by atoms with Gasteiger partial charge in [0.1, 0.15) is 24.2 Å². The molecular formula is C20H32N8O11. The minimum Gasteiger partial charge on any atom is -0.481 e. The fraction of sp³-hybridized carbons (Fsp3) is 0.550. The van der Waals surface area contributed by atoms with Gasteiger partial charge in [-0.2, -0.15) is 0 Å². The first-order valence-corrected chi connectivity index (χ1v) is 11.2. The molecule has 218 valence electrons. The second kappa shape index (κ2) is 16.1. The summed E-state index contributed by atoms with van der Waals surface area (Å²) in [7, 11) is 0. The van der Waals surface area contributed by atoms with Crippen LogP contribution in [-0.2, 0) is 43.2 Å². The van der Waals surface area contributed by atoms with Crippen LogP contribution in [-0.4, -0.2) is 93.7 Å². The maximum atomic E-state index is 12.9. The predicted octanol–water partition coefficient (Wildman–Crippen LogP) is -6.15. The molecule has 0 unspecified atom stereocenters. The Morgan fingerprint density at radius 1 is 0.615 bits per heavy atom. The van der Waals surface area contributed by atoms with Crippen molar-refractivity contribution < 1.29 is 53.4 Å². The van der Waals surface area contributed by atoms with Gasteiger partial charge in [-0.25, -0.2) is 4.79 Å². The summed E-state index contributed by atoms with van der Waals surface area (Å²) in [5.41, 5.74) is 20.5. The summed E-state index contributed by atoms with van der Waals surface area (Å²) in [6.45, 7) is 1.19. The van der Waals surface area contributed by atoms with Crippen molar-refractivity contribution in [2.75, 3.05) is 0 Å². The number of nitrogens with two attached hydrogens (primary N) is 4. The van der Waals surface area contributed by atoms with Crippen LogP contribution in [0.15, 0.2) is 0 Å². The van der Waals surface area contributed by atoms with E-state index in [2.05, 4.69) is 16.0 Å². The highest BCUT2D eigenvalue weighted by atomic mass is 16.4. The van der Waals surface area contributed by atoms with Gasteiger partial charge >= 0.3 is 11.9 Å². The SMILES string of the molecule is C[C@H](NC(=O)[C@@H](N)CC(N)=O)C(=O)N[C@@H](CCC(=O)O)C(=O)N[C@@H](CC(N)=O)C(=O)N[C@@H](CC(N)=O)C(=O)O. The molecule has 0 saturated heterocycles. The molecular weight excluding hydrogens is 528 g/mol. The zero-order valence-corrected chi connectivity index (χ0v) is 20.8. The fourth-order valence-electron chi connectivity index (χ4n) is 2.89. The van der Waals surface area contributed by atoms with Gasteiger partial charge in [-0.3, -0.25) is 38.4 Å². The highest BCUT2D eigenvalue weighted by Gasteiger charge is 2.32. The molecule has 39 heavy (non-hydrogen) atoms. The number of primary amides is 3. The summed E-state index contributed by atoms with van der Waals surface area (Å²) in [5, 5.41) is 26.5. The van der Waals surface area contributed by atoms with Gasteiger partial charge in [0, 0.05) is 6.42 Å². The number of carbonyl (C=O) groups is 9. The first kappa shape index (κ1) is 34.2. The molecule has 0 spiro atoms. The van der Waals surface area contributed by atoms with E-state index in [0.29, 0.717) is 0 Å². The Bertz CT molecular complexity index is 1000. The summed E-state index contributed by atoms with van der Waals surface area (Å²) in [6, 6.07) is -7.95. The highest BCUT2D eigenvalue weighted by molar-refractivity contribution is 5.97. The summed E-state index contributed by atoms with van der Waals surface area (Å²) >= 11 is 0. The Labute approximate surface area is 220 Å². The monoisotopic (exact) mass is 560 g/mol. The number of carboxylic acid groups (broad SMARTS) is 2. The molecule has 0 aliphatic rings. The maximum absolute atomic E-state index is 12.9. The van der Waals surface area contributed by atoms with Crippen LogP contribution in [0.25, 0.3) is 0 Å². The molecule has 0 heterocycles. The first-order valence-electron chi connectivity index (χ1n) is 11.2. The number of hydrogen-bond donors (Lipinski definition) is 10. The number of hydrogen-bond acceptors (Lipinski definition) is 10. The zero-order chi connectivity index (χ0) is 30.4. The second-order valence-electron chi connectivity index (χ2n) is 8.30. The Balaban J connectivity index is 5.67. The van der Waals surface area contributed by atoms with E-state index in [1.54, 1.807) is 0 Å². The van der Waals surface area contributed by atoms with Crippen molar-refractivity contribution in [1.82, 2.24) is 21.3 Å². The number of rotatable bonds is 18. The third-order valence-electron chi connectivity index (χ3n) is 4.85. The van der Waals surface area contributed by atoms with E-state index < -0.39 is 116 Å². The first-order chi connectivity index (χ1) is 17.9. The van der Waals surface area contributed by atoms with Crippen LogP contribution in [0.1, 0.15) is 39.0 Å². The van der Waals surface area contributed by atoms with E-state index in [0.717, 1.165) is 0 Å². The number of carboxylic acids is 2. The quantitative estimate of drug-likeness (QED) is 0.0748. The van der Waals surface area contributed by atoms with Crippen molar-refractivity contribution in [1.29, 1.82) is 0 Å². The summed E-state index contributed by atoms with van der Waals surface area (Å²) in [6.07, 6.45) is -3.34. The van der Waals surface area contributed by atoms with Crippen LogP contribution in [0.3, 0.4) is 0 Å². The lowest BCUT2D eigenvalue weighted by atomic mass is 10.1. The molecule has 0 saturated carbocycles. The van der Waals surface area contributed by atoms with Gasteiger partial charge < -0.3 is 54.4 Å². The van der Waals surface area contributed by atoms with E-state index in [1.807, 2.05) is 5.32 Å². The number of nitrogens with one attached hydrogen (secondary N) is 4. The van der Waals surface area contributed by atoms with E-state index in [9.17, 15) is 43.2 Å².